The minimum absolute atomic E-state index is 0.0898. The maximum atomic E-state index is 9.59. The molecule has 82 valence electrons. The van der Waals surface area contributed by atoms with Gasteiger partial charge >= 0.3 is 0 Å². The van der Waals surface area contributed by atoms with Crippen LogP contribution < -0.4 is 5.73 Å². The van der Waals surface area contributed by atoms with Crippen molar-refractivity contribution in [2.45, 2.75) is 25.3 Å². The number of hydrogen-bond donors (Lipinski definition) is 2. The van der Waals surface area contributed by atoms with Crippen LogP contribution in [-0.2, 0) is 0 Å². The number of hydrogen-bond acceptors (Lipinski definition) is 2. The topological polar surface area (TPSA) is 46.2 Å². The molecule has 1 fully saturated rings. The molecule has 4 heteroatoms. The Morgan fingerprint density at radius 3 is 2.20 bits per heavy atom. The van der Waals surface area contributed by atoms with Crippen molar-refractivity contribution in [1.29, 1.82) is 0 Å². The lowest BCUT2D eigenvalue weighted by molar-refractivity contribution is 0.264. The summed E-state index contributed by atoms with van der Waals surface area (Å²) in [5.74, 6) is 0.841. The molecule has 0 amide bonds. The third kappa shape index (κ3) is 2.22. The molecule has 3 N–H and O–H groups in total. The Labute approximate surface area is 106 Å². The van der Waals surface area contributed by atoms with Crippen LogP contribution in [0.2, 0.25) is 0 Å². The summed E-state index contributed by atoms with van der Waals surface area (Å²) in [5, 5.41) is 9.59. The van der Waals surface area contributed by atoms with E-state index in [1.54, 1.807) is 0 Å². The third-order valence-electron chi connectivity index (χ3n) is 3.08. The van der Waals surface area contributed by atoms with Gasteiger partial charge in [0.2, 0.25) is 0 Å². The smallest absolute Gasteiger partial charge is 0.143 e. The lowest BCUT2D eigenvalue weighted by Gasteiger charge is -2.31. The van der Waals surface area contributed by atoms with E-state index in [9.17, 15) is 5.11 Å². The standard InChI is InChI=1S/C11H13Br2NO/c12-8-4-7(5-9(13)11(8)15)10(14)6-2-1-3-6/h4-6,10,15H,1-3,14H2/t10-/m0/s1. The number of aromatic hydroxyl groups is 1. The summed E-state index contributed by atoms with van der Waals surface area (Å²) in [6.07, 6.45) is 3.73. The molecule has 0 aliphatic heterocycles. The molecule has 0 saturated heterocycles. The summed E-state index contributed by atoms with van der Waals surface area (Å²) in [4.78, 5) is 0. The zero-order chi connectivity index (χ0) is 11.0. The van der Waals surface area contributed by atoms with Crippen LogP contribution >= 0.6 is 31.9 Å². The first-order chi connectivity index (χ1) is 7.09. The minimum Gasteiger partial charge on any atom is -0.506 e. The summed E-state index contributed by atoms with van der Waals surface area (Å²) in [7, 11) is 0. The molecule has 1 aliphatic carbocycles. The van der Waals surface area contributed by atoms with Gasteiger partial charge in [-0.25, -0.2) is 0 Å². The molecule has 0 heterocycles. The Balaban J connectivity index is 2.27. The normalized spacial score (nSPS) is 18.6. The van der Waals surface area contributed by atoms with Crippen LogP contribution in [0, 0.1) is 5.92 Å². The van der Waals surface area contributed by atoms with E-state index in [1.165, 1.54) is 19.3 Å². The summed E-state index contributed by atoms with van der Waals surface area (Å²) < 4.78 is 1.39. The molecule has 2 rings (SSSR count). The number of nitrogens with two attached hydrogens (primary N) is 1. The summed E-state index contributed by atoms with van der Waals surface area (Å²) >= 11 is 6.64. The Kier molecular flexibility index (Phi) is 3.38. The van der Waals surface area contributed by atoms with Crippen LogP contribution in [0.1, 0.15) is 30.9 Å². The first kappa shape index (κ1) is 11.4. The van der Waals surface area contributed by atoms with Crippen LogP contribution in [0.3, 0.4) is 0 Å². The van der Waals surface area contributed by atoms with Crippen molar-refractivity contribution in [1.82, 2.24) is 0 Å². The maximum Gasteiger partial charge on any atom is 0.143 e. The Hall–Kier alpha value is -0.0600. The Morgan fingerprint density at radius 2 is 1.80 bits per heavy atom. The summed E-state index contributed by atoms with van der Waals surface area (Å²) in [6.45, 7) is 0. The first-order valence-electron chi connectivity index (χ1n) is 5.03. The van der Waals surface area contributed by atoms with Crippen molar-refractivity contribution >= 4 is 31.9 Å². The molecular formula is C11H13Br2NO. The van der Waals surface area contributed by atoms with Crippen LogP contribution in [0.5, 0.6) is 5.75 Å². The Bertz CT molecular complexity index is 354. The minimum atomic E-state index is 0.0898. The summed E-state index contributed by atoms with van der Waals surface area (Å²) in [5.41, 5.74) is 7.24. The van der Waals surface area contributed by atoms with E-state index in [0.717, 1.165) is 5.56 Å². The van der Waals surface area contributed by atoms with Gasteiger partial charge in [0.15, 0.2) is 0 Å². The van der Waals surface area contributed by atoms with E-state index >= 15 is 0 Å². The average Bonchev–Trinajstić information content (AvgIpc) is 2.10. The van der Waals surface area contributed by atoms with E-state index in [-0.39, 0.29) is 11.8 Å². The number of phenols is 1. The molecular weight excluding hydrogens is 322 g/mol. The summed E-state index contributed by atoms with van der Waals surface area (Å²) in [6, 6.07) is 3.90. The highest BCUT2D eigenvalue weighted by Gasteiger charge is 2.26. The Morgan fingerprint density at radius 1 is 1.27 bits per heavy atom. The second-order valence-corrected chi connectivity index (χ2v) is 5.76. The van der Waals surface area contributed by atoms with Gasteiger partial charge in [0.25, 0.3) is 0 Å². The number of benzene rings is 1. The fraction of sp³-hybridized carbons (Fsp3) is 0.455. The van der Waals surface area contributed by atoms with Crippen LogP contribution in [0.25, 0.3) is 0 Å². The molecule has 0 bridgehead atoms. The third-order valence-corrected chi connectivity index (χ3v) is 4.29. The predicted octanol–water partition coefficient (Wildman–Crippen LogP) is 3.72. The highest BCUT2D eigenvalue weighted by Crippen LogP contribution is 2.40. The molecule has 1 aliphatic rings. The van der Waals surface area contributed by atoms with Crippen LogP contribution in [0.15, 0.2) is 21.1 Å². The lowest BCUT2D eigenvalue weighted by Crippen LogP contribution is -2.26. The second-order valence-electron chi connectivity index (χ2n) is 4.05. The van der Waals surface area contributed by atoms with Gasteiger partial charge in [-0.2, -0.15) is 0 Å². The molecule has 0 aromatic heterocycles. The quantitative estimate of drug-likeness (QED) is 0.865. The van der Waals surface area contributed by atoms with Gasteiger partial charge in [-0.3, -0.25) is 0 Å². The highest BCUT2D eigenvalue weighted by atomic mass is 79.9. The van der Waals surface area contributed by atoms with Crippen molar-refractivity contribution in [3.63, 3.8) is 0 Å². The maximum absolute atomic E-state index is 9.59. The molecule has 0 radical (unpaired) electrons. The monoisotopic (exact) mass is 333 g/mol. The van der Waals surface area contributed by atoms with Crippen molar-refractivity contribution in [3.05, 3.63) is 26.6 Å². The fourth-order valence-corrected chi connectivity index (χ4v) is 3.07. The second kappa shape index (κ2) is 4.44. The fourth-order valence-electron chi connectivity index (χ4n) is 1.85. The van der Waals surface area contributed by atoms with Gasteiger partial charge in [-0.15, -0.1) is 0 Å². The van der Waals surface area contributed by atoms with Gasteiger partial charge < -0.3 is 10.8 Å². The zero-order valence-electron chi connectivity index (χ0n) is 8.21. The van der Waals surface area contributed by atoms with Gasteiger partial charge in [0, 0.05) is 6.04 Å². The number of phenolic OH excluding ortho intramolecular Hbond substituents is 1. The molecule has 2 nitrogen and oxygen atoms in total. The van der Waals surface area contributed by atoms with Crippen LogP contribution in [0.4, 0.5) is 0 Å². The van der Waals surface area contributed by atoms with Gasteiger partial charge in [0.05, 0.1) is 8.95 Å². The number of rotatable bonds is 2. The predicted molar refractivity (Wildman–Crippen MR) is 67.8 cm³/mol. The van der Waals surface area contributed by atoms with E-state index < -0.39 is 0 Å². The van der Waals surface area contributed by atoms with E-state index in [0.29, 0.717) is 14.9 Å². The largest absolute Gasteiger partial charge is 0.506 e. The average molecular weight is 335 g/mol. The molecule has 15 heavy (non-hydrogen) atoms. The van der Waals surface area contributed by atoms with Crippen LogP contribution in [-0.4, -0.2) is 5.11 Å². The van der Waals surface area contributed by atoms with Gasteiger partial charge in [0.1, 0.15) is 5.75 Å². The zero-order valence-corrected chi connectivity index (χ0v) is 11.4. The van der Waals surface area contributed by atoms with E-state index in [1.807, 2.05) is 12.1 Å². The van der Waals surface area contributed by atoms with Crippen molar-refractivity contribution in [2.75, 3.05) is 0 Å². The molecule has 1 atom stereocenters. The molecule has 1 aromatic carbocycles. The first-order valence-corrected chi connectivity index (χ1v) is 6.61. The SMILES string of the molecule is N[C@H](c1cc(Br)c(O)c(Br)c1)C1CCC1. The highest BCUT2D eigenvalue weighted by molar-refractivity contribution is 9.11. The van der Waals surface area contributed by atoms with Crippen molar-refractivity contribution in [2.24, 2.45) is 11.7 Å². The number of halogens is 2. The molecule has 0 unspecified atom stereocenters. The van der Waals surface area contributed by atoms with Crippen molar-refractivity contribution < 1.29 is 5.11 Å². The van der Waals surface area contributed by atoms with Gasteiger partial charge in [-0.1, -0.05) is 6.42 Å². The lowest BCUT2D eigenvalue weighted by atomic mass is 9.77. The molecule has 1 saturated carbocycles. The molecule has 0 spiro atoms. The van der Waals surface area contributed by atoms with Crippen molar-refractivity contribution in [3.8, 4) is 5.75 Å². The van der Waals surface area contributed by atoms with E-state index in [4.69, 9.17) is 5.73 Å². The van der Waals surface area contributed by atoms with Gasteiger partial charge in [-0.05, 0) is 68.3 Å². The van der Waals surface area contributed by atoms with E-state index in [2.05, 4.69) is 31.9 Å². The molecule has 1 aromatic rings.